The Morgan fingerprint density at radius 1 is 1.07 bits per heavy atom. The van der Waals surface area contributed by atoms with E-state index in [-0.39, 0.29) is 33.8 Å². The van der Waals surface area contributed by atoms with Crippen LogP contribution in [0.1, 0.15) is 34.9 Å². The Morgan fingerprint density at radius 3 is 2.56 bits per heavy atom. The lowest BCUT2D eigenvalue weighted by Crippen LogP contribution is -2.23. The Hall–Kier alpha value is -2.87. The SMILES string of the molecule is Cc1cc(F)c([C@H]2C[C@@H]2c2cc(-c3c[nH]c(=O)[nH]c3=O)nnc2Cl)cc1F. The quantitative estimate of drug-likeness (QED) is 0.719. The third-order valence-corrected chi connectivity index (χ3v) is 5.03. The van der Waals surface area contributed by atoms with Crippen molar-refractivity contribution in [2.75, 3.05) is 0 Å². The fourth-order valence-electron chi connectivity index (χ4n) is 3.21. The van der Waals surface area contributed by atoms with Gasteiger partial charge in [0.15, 0.2) is 5.15 Å². The standard InChI is InChI=1S/C18H13ClF2N4O2/c1-7-2-14(21)10(4-13(7)20)8-3-9(8)11-5-15(24-25-16(11)19)12-6-22-18(27)23-17(12)26/h2,4-6,8-9H,3H2,1H3,(H2,22,23,26,27)/t8-,9-/m0/s1. The lowest BCUT2D eigenvalue weighted by Gasteiger charge is -2.07. The molecule has 0 bridgehead atoms. The van der Waals surface area contributed by atoms with Gasteiger partial charge in [-0.15, -0.1) is 10.2 Å². The molecule has 2 N–H and O–H groups in total. The number of nitrogens with one attached hydrogen (secondary N) is 2. The lowest BCUT2D eigenvalue weighted by atomic mass is 10.0. The van der Waals surface area contributed by atoms with Gasteiger partial charge in [-0.25, -0.2) is 13.6 Å². The molecule has 4 rings (SSSR count). The molecule has 27 heavy (non-hydrogen) atoms. The molecular weight excluding hydrogens is 378 g/mol. The average Bonchev–Trinajstić information content (AvgIpc) is 3.39. The van der Waals surface area contributed by atoms with Crippen molar-refractivity contribution in [1.82, 2.24) is 20.2 Å². The minimum absolute atomic E-state index is 0.129. The van der Waals surface area contributed by atoms with Crippen LogP contribution in [0.15, 0.2) is 34.0 Å². The first kappa shape index (κ1) is 17.5. The number of rotatable bonds is 3. The monoisotopic (exact) mass is 390 g/mol. The van der Waals surface area contributed by atoms with Crippen molar-refractivity contribution < 1.29 is 8.78 Å². The van der Waals surface area contributed by atoms with Gasteiger partial charge in [0.25, 0.3) is 5.56 Å². The Labute approximate surface area is 156 Å². The summed E-state index contributed by atoms with van der Waals surface area (Å²) in [5, 5.41) is 7.90. The smallest absolute Gasteiger partial charge is 0.313 e. The number of nitrogens with zero attached hydrogens (tertiary/aromatic N) is 2. The van der Waals surface area contributed by atoms with Gasteiger partial charge in [-0.2, -0.15) is 0 Å². The van der Waals surface area contributed by atoms with Crippen molar-refractivity contribution in [3.8, 4) is 11.3 Å². The van der Waals surface area contributed by atoms with E-state index in [2.05, 4.69) is 20.2 Å². The number of hydrogen-bond acceptors (Lipinski definition) is 4. The molecule has 0 unspecified atom stereocenters. The zero-order chi connectivity index (χ0) is 19.3. The molecule has 9 heteroatoms. The van der Waals surface area contributed by atoms with E-state index in [0.29, 0.717) is 17.5 Å². The lowest BCUT2D eigenvalue weighted by molar-refractivity contribution is 0.578. The van der Waals surface area contributed by atoms with Crippen LogP contribution < -0.4 is 11.2 Å². The van der Waals surface area contributed by atoms with E-state index < -0.39 is 22.9 Å². The maximum absolute atomic E-state index is 14.2. The summed E-state index contributed by atoms with van der Waals surface area (Å²) in [6.07, 6.45) is 1.81. The van der Waals surface area contributed by atoms with Crippen LogP contribution >= 0.6 is 11.6 Å². The molecule has 6 nitrogen and oxygen atoms in total. The van der Waals surface area contributed by atoms with Gasteiger partial charge in [-0.3, -0.25) is 9.78 Å². The molecule has 2 heterocycles. The highest BCUT2D eigenvalue weighted by Gasteiger charge is 2.43. The van der Waals surface area contributed by atoms with Crippen LogP contribution in [0.3, 0.4) is 0 Å². The number of halogens is 3. The van der Waals surface area contributed by atoms with Gasteiger partial charge in [-0.1, -0.05) is 11.6 Å². The van der Waals surface area contributed by atoms with Crippen molar-refractivity contribution in [3.63, 3.8) is 0 Å². The summed E-state index contributed by atoms with van der Waals surface area (Å²) in [6.45, 7) is 1.50. The molecule has 0 radical (unpaired) electrons. The molecule has 0 saturated heterocycles. The van der Waals surface area contributed by atoms with Gasteiger partial charge in [-0.05, 0) is 60.1 Å². The van der Waals surface area contributed by atoms with Crippen LogP contribution in [0.25, 0.3) is 11.3 Å². The molecule has 1 aliphatic carbocycles. The topological polar surface area (TPSA) is 91.5 Å². The Kier molecular flexibility index (Phi) is 4.15. The molecule has 138 valence electrons. The molecule has 0 spiro atoms. The molecule has 0 aliphatic heterocycles. The van der Waals surface area contributed by atoms with E-state index in [1.807, 2.05) is 0 Å². The summed E-state index contributed by atoms with van der Waals surface area (Å²) >= 11 is 6.15. The number of aromatic amines is 2. The fourth-order valence-corrected chi connectivity index (χ4v) is 3.44. The Morgan fingerprint density at radius 2 is 1.81 bits per heavy atom. The predicted molar refractivity (Wildman–Crippen MR) is 94.9 cm³/mol. The summed E-state index contributed by atoms with van der Waals surface area (Å²) < 4.78 is 28.1. The fraction of sp³-hybridized carbons (Fsp3) is 0.222. The number of aromatic nitrogens is 4. The summed E-state index contributed by atoms with van der Waals surface area (Å²) in [4.78, 5) is 27.6. The second-order valence-electron chi connectivity index (χ2n) is 6.53. The van der Waals surface area contributed by atoms with Gasteiger partial charge in [0.2, 0.25) is 0 Å². The molecule has 2 aromatic heterocycles. The molecule has 2 atom stereocenters. The van der Waals surface area contributed by atoms with Crippen LogP contribution in [0, 0.1) is 18.6 Å². The van der Waals surface area contributed by atoms with Crippen LogP contribution in [-0.4, -0.2) is 20.2 Å². The Bertz CT molecular complexity index is 1170. The zero-order valence-corrected chi connectivity index (χ0v) is 14.8. The first-order valence-corrected chi connectivity index (χ1v) is 8.54. The highest BCUT2D eigenvalue weighted by molar-refractivity contribution is 6.30. The molecule has 1 aliphatic rings. The molecule has 1 aromatic carbocycles. The molecule has 1 saturated carbocycles. The van der Waals surface area contributed by atoms with Crippen LogP contribution in [0.5, 0.6) is 0 Å². The largest absolute Gasteiger partial charge is 0.325 e. The van der Waals surface area contributed by atoms with E-state index in [0.717, 1.165) is 0 Å². The number of H-pyrrole nitrogens is 2. The van der Waals surface area contributed by atoms with Gasteiger partial charge in [0.1, 0.15) is 17.3 Å². The van der Waals surface area contributed by atoms with E-state index in [4.69, 9.17) is 11.6 Å². The minimum atomic E-state index is -0.634. The normalized spacial score (nSPS) is 18.5. The van der Waals surface area contributed by atoms with Crippen LogP contribution in [-0.2, 0) is 0 Å². The van der Waals surface area contributed by atoms with Gasteiger partial charge < -0.3 is 4.98 Å². The average molecular weight is 391 g/mol. The van der Waals surface area contributed by atoms with Crippen molar-refractivity contribution in [1.29, 1.82) is 0 Å². The van der Waals surface area contributed by atoms with E-state index in [1.54, 1.807) is 6.07 Å². The van der Waals surface area contributed by atoms with Crippen molar-refractivity contribution in [2.45, 2.75) is 25.2 Å². The van der Waals surface area contributed by atoms with Gasteiger partial charge >= 0.3 is 5.69 Å². The summed E-state index contributed by atoms with van der Waals surface area (Å²) in [5.74, 6) is -1.32. The highest BCUT2D eigenvalue weighted by Crippen LogP contribution is 2.56. The predicted octanol–water partition coefficient (Wildman–Crippen LogP) is 3.03. The Balaban J connectivity index is 1.71. The summed E-state index contributed by atoms with van der Waals surface area (Å²) in [7, 11) is 0. The molecule has 0 amide bonds. The summed E-state index contributed by atoms with van der Waals surface area (Å²) in [6, 6.07) is 3.98. The zero-order valence-electron chi connectivity index (χ0n) is 14.0. The maximum atomic E-state index is 14.2. The molecule has 1 fully saturated rings. The first-order valence-electron chi connectivity index (χ1n) is 8.16. The molecular formula is C18H13ClF2N4O2. The van der Waals surface area contributed by atoms with Gasteiger partial charge in [0, 0.05) is 6.20 Å². The minimum Gasteiger partial charge on any atom is -0.313 e. The number of benzene rings is 1. The van der Waals surface area contributed by atoms with Crippen molar-refractivity contribution in [2.24, 2.45) is 0 Å². The highest BCUT2D eigenvalue weighted by atomic mass is 35.5. The number of hydrogen-bond donors (Lipinski definition) is 2. The third kappa shape index (κ3) is 3.16. The third-order valence-electron chi connectivity index (χ3n) is 4.74. The number of aryl methyl sites for hydroxylation is 1. The van der Waals surface area contributed by atoms with Gasteiger partial charge in [0.05, 0.1) is 5.56 Å². The summed E-state index contributed by atoms with van der Waals surface area (Å²) in [5.41, 5.74) is 0.247. The van der Waals surface area contributed by atoms with Crippen LogP contribution in [0.2, 0.25) is 5.15 Å². The second-order valence-corrected chi connectivity index (χ2v) is 6.89. The van der Waals surface area contributed by atoms with E-state index in [1.165, 1.54) is 25.3 Å². The molecule has 3 aromatic rings. The van der Waals surface area contributed by atoms with E-state index >= 15 is 0 Å². The van der Waals surface area contributed by atoms with Crippen molar-refractivity contribution in [3.05, 3.63) is 78.7 Å². The first-order chi connectivity index (χ1) is 12.8. The van der Waals surface area contributed by atoms with Crippen molar-refractivity contribution >= 4 is 11.6 Å². The van der Waals surface area contributed by atoms with Crippen LogP contribution in [0.4, 0.5) is 8.78 Å². The maximum Gasteiger partial charge on any atom is 0.325 e. The van der Waals surface area contributed by atoms with E-state index in [9.17, 15) is 18.4 Å². The second kappa shape index (κ2) is 6.38.